The van der Waals surface area contributed by atoms with Gasteiger partial charge in [0, 0.05) is 31.7 Å². The molecule has 1 heterocycles. The number of aromatic hydroxyl groups is 1. The predicted molar refractivity (Wildman–Crippen MR) is 67.1 cm³/mol. The minimum atomic E-state index is -0.0994. The molecule has 1 aromatic rings. The predicted octanol–water partition coefficient (Wildman–Crippen LogP) is 0.639. The number of nitrogens with one attached hydrogen (secondary N) is 1. The zero-order valence-electron chi connectivity index (χ0n) is 10.2. The number of rotatable bonds is 3. The number of aryl methyl sites for hydroxylation is 1. The molecular formula is C13H20N2O2. The van der Waals surface area contributed by atoms with Crippen LogP contribution in [0.5, 0.6) is 5.75 Å². The van der Waals surface area contributed by atoms with Crippen LogP contribution in [0.2, 0.25) is 0 Å². The van der Waals surface area contributed by atoms with E-state index in [2.05, 4.69) is 10.2 Å². The number of benzene rings is 1. The summed E-state index contributed by atoms with van der Waals surface area (Å²) in [5.74, 6) is 0.280. The minimum Gasteiger partial charge on any atom is -0.508 e. The summed E-state index contributed by atoms with van der Waals surface area (Å²) < 4.78 is 0. The fraction of sp³-hybridized carbons (Fsp3) is 0.538. The Balaban J connectivity index is 2.21. The van der Waals surface area contributed by atoms with Crippen molar-refractivity contribution in [1.82, 2.24) is 10.2 Å². The molecule has 94 valence electrons. The fourth-order valence-electron chi connectivity index (χ4n) is 2.34. The van der Waals surface area contributed by atoms with Crippen molar-refractivity contribution >= 4 is 0 Å². The number of hydrogen-bond acceptors (Lipinski definition) is 4. The molecule has 1 fully saturated rings. The van der Waals surface area contributed by atoms with E-state index in [4.69, 9.17) is 0 Å². The summed E-state index contributed by atoms with van der Waals surface area (Å²) in [6.45, 7) is 5.65. The van der Waals surface area contributed by atoms with Crippen molar-refractivity contribution in [2.45, 2.75) is 13.0 Å². The molecule has 17 heavy (non-hydrogen) atoms. The average Bonchev–Trinajstić information content (AvgIpc) is 2.34. The Bertz CT molecular complexity index is 376. The summed E-state index contributed by atoms with van der Waals surface area (Å²) in [5.41, 5.74) is 1.85. The van der Waals surface area contributed by atoms with Crippen molar-refractivity contribution in [2.24, 2.45) is 0 Å². The molecule has 0 bridgehead atoms. The molecule has 2 rings (SSSR count). The molecule has 1 atom stereocenters. The lowest BCUT2D eigenvalue weighted by Crippen LogP contribution is -2.46. The van der Waals surface area contributed by atoms with E-state index in [1.807, 2.05) is 19.1 Å². The quantitative estimate of drug-likeness (QED) is 0.721. The summed E-state index contributed by atoms with van der Waals surface area (Å²) in [4.78, 5) is 2.21. The number of piperazine rings is 1. The standard InChI is InChI=1S/C13H20N2O2/c1-10-2-3-11(13(17)8-10)12(9-16)15-6-4-14-5-7-15/h2-3,8,12,14,16-17H,4-7,9H2,1H3/t12-/m0/s1. The first kappa shape index (κ1) is 12.4. The molecule has 0 radical (unpaired) electrons. The Morgan fingerprint density at radius 3 is 2.65 bits per heavy atom. The van der Waals surface area contributed by atoms with E-state index >= 15 is 0 Å². The fourth-order valence-corrected chi connectivity index (χ4v) is 2.34. The molecule has 0 amide bonds. The first-order chi connectivity index (χ1) is 8.22. The second kappa shape index (κ2) is 5.49. The number of phenolic OH excluding ortho intramolecular Hbond substituents is 1. The lowest BCUT2D eigenvalue weighted by Gasteiger charge is -2.34. The summed E-state index contributed by atoms with van der Waals surface area (Å²) in [6, 6.07) is 5.53. The molecule has 0 unspecified atom stereocenters. The maximum Gasteiger partial charge on any atom is 0.120 e. The number of phenols is 1. The number of nitrogens with zero attached hydrogens (tertiary/aromatic N) is 1. The normalized spacial score (nSPS) is 19.2. The van der Waals surface area contributed by atoms with Crippen LogP contribution in [-0.4, -0.2) is 47.9 Å². The molecule has 1 saturated heterocycles. The largest absolute Gasteiger partial charge is 0.508 e. The molecular weight excluding hydrogens is 216 g/mol. The van der Waals surface area contributed by atoms with Crippen molar-refractivity contribution in [2.75, 3.05) is 32.8 Å². The molecule has 0 saturated carbocycles. The van der Waals surface area contributed by atoms with Gasteiger partial charge in [-0.05, 0) is 18.6 Å². The third-order valence-electron chi connectivity index (χ3n) is 3.31. The smallest absolute Gasteiger partial charge is 0.120 e. The van der Waals surface area contributed by atoms with Crippen LogP contribution in [0.25, 0.3) is 0 Å². The highest BCUT2D eigenvalue weighted by molar-refractivity contribution is 5.38. The van der Waals surface area contributed by atoms with E-state index in [0.29, 0.717) is 0 Å². The van der Waals surface area contributed by atoms with E-state index in [1.165, 1.54) is 0 Å². The van der Waals surface area contributed by atoms with Gasteiger partial charge in [-0.3, -0.25) is 4.90 Å². The van der Waals surface area contributed by atoms with Crippen molar-refractivity contribution < 1.29 is 10.2 Å². The Hall–Kier alpha value is -1.10. The van der Waals surface area contributed by atoms with Gasteiger partial charge in [0.1, 0.15) is 5.75 Å². The van der Waals surface area contributed by atoms with Gasteiger partial charge in [0.15, 0.2) is 0 Å². The first-order valence-corrected chi connectivity index (χ1v) is 6.07. The maximum absolute atomic E-state index is 9.97. The lowest BCUT2D eigenvalue weighted by atomic mass is 10.0. The molecule has 3 N–H and O–H groups in total. The van der Waals surface area contributed by atoms with Crippen LogP contribution in [0.4, 0.5) is 0 Å². The highest BCUT2D eigenvalue weighted by Gasteiger charge is 2.23. The van der Waals surface area contributed by atoms with Crippen molar-refractivity contribution in [3.63, 3.8) is 0 Å². The zero-order chi connectivity index (χ0) is 12.3. The monoisotopic (exact) mass is 236 g/mol. The summed E-state index contributed by atoms with van der Waals surface area (Å²) in [7, 11) is 0. The molecule has 0 aromatic heterocycles. The summed E-state index contributed by atoms with van der Waals surface area (Å²) in [5, 5.41) is 22.8. The average molecular weight is 236 g/mol. The Kier molecular flexibility index (Phi) is 3.99. The molecule has 4 heteroatoms. The van der Waals surface area contributed by atoms with Crippen molar-refractivity contribution in [3.8, 4) is 5.75 Å². The number of aliphatic hydroxyl groups is 1. The molecule has 4 nitrogen and oxygen atoms in total. The van der Waals surface area contributed by atoms with Crippen LogP contribution in [0, 0.1) is 6.92 Å². The SMILES string of the molecule is Cc1ccc([C@H](CO)N2CCNCC2)c(O)c1. The minimum absolute atomic E-state index is 0.0383. The van der Waals surface area contributed by atoms with E-state index in [1.54, 1.807) is 6.07 Å². The van der Waals surface area contributed by atoms with Crippen LogP contribution in [0.1, 0.15) is 17.2 Å². The maximum atomic E-state index is 9.97. The Morgan fingerprint density at radius 1 is 1.35 bits per heavy atom. The highest BCUT2D eigenvalue weighted by Crippen LogP contribution is 2.29. The van der Waals surface area contributed by atoms with Crippen LogP contribution in [-0.2, 0) is 0 Å². The third-order valence-corrected chi connectivity index (χ3v) is 3.31. The van der Waals surface area contributed by atoms with E-state index in [0.717, 1.165) is 37.3 Å². The second-order valence-electron chi connectivity index (χ2n) is 4.55. The molecule has 0 aliphatic carbocycles. The lowest BCUT2D eigenvalue weighted by molar-refractivity contribution is 0.109. The van der Waals surface area contributed by atoms with Crippen LogP contribution < -0.4 is 5.32 Å². The van der Waals surface area contributed by atoms with Crippen LogP contribution in [0.15, 0.2) is 18.2 Å². The van der Waals surface area contributed by atoms with Gasteiger partial charge in [-0.1, -0.05) is 12.1 Å². The Morgan fingerprint density at radius 2 is 2.06 bits per heavy atom. The Labute approximate surface area is 102 Å². The van der Waals surface area contributed by atoms with E-state index < -0.39 is 0 Å². The third kappa shape index (κ3) is 2.77. The summed E-state index contributed by atoms with van der Waals surface area (Å²) >= 11 is 0. The highest BCUT2D eigenvalue weighted by atomic mass is 16.3. The van der Waals surface area contributed by atoms with Gasteiger partial charge in [-0.2, -0.15) is 0 Å². The number of aliphatic hydroxyl groups excluding tert-OH is 1. The van der Waals surface area contributed by atoms with Crippen LogP contribution in [0.3, 0.4) is 0 Å². The van der Waals surface area contributed by atoms with Gasteiger partial charge < -0.3 is 15.5 Å². The first-order valence-electron chi connectivity index (χ1n) is 6.07. The zero-order valence-corrected chi connectivity index (χ0v) is 10.2. The van der Waals surface area contributed by atoms with Crippen LogP contribution >= 0.6 is 0 Å². The molecule has 1 aromatic carbocycles. The molecule has 1 aliphatic heterocycles. The van der Waals surface area contributed by atoms with Gasteiger partial charge in [-0.25, -0.2) is 0 Å². The van der Waals surface area contributed by atoms with E-state index in [9.17, 15) is 10.2 Å². The van der Waals surface area contributed by atoms with Gasteiger partial charge in [0.2, 0.25) is 0 Å². The molecule has 0 spiro atoms. The number of hydrogen-bond donors (Lipinski definition) is 3. The van der Waals surface area contributed by atoms with Crippen molar-refractivity contribution in [1.29, 1.82) is 0 Å². The summed E-state index contributed by atoms with van der Waals surface area (Å²) in [6.07, 6.45) is 0. The second-order valence-corrected chi connectivity index (χ2v) is 4.55. The van der Waals surface area contributed by atoms with E-state index in [-0.39, 0.29) is 18.4 Å². The van der Waals surface area contributed by atoms with Gasteiger partial charge in [-0.15, -0.1) is 0 Å². The van der Waals surface area contributed by atoms with Crippen molar-refractivity contribution in [3.05, 3.63) is 29.3 Å². The molecule has 1 aliphatic rings. The van der Waals surface area contributed by atoms with Gasteiger partial charge >= 0.3 is 0 Å². The van der Waals surface area contributed by atoms with Gasteiger partial charge in [0.25, 0.3) is 0 Å². The topological polar surface area (TPSA) is 55.7 Å². The van der Waals surface area contributed by atoms with Gasteiger partial charge in [0.05, 0.1) is 12.6 Å².